The van der Waals surface area contributed by atoms with Gasteiger partial charge in [-0.15, -0.1) is 0 Å². The van der Waals surface area contributed by atoms with Crippen molar-refractivity contribution in [2.75, 3.05) is 6.61 Å². The Labute approximate surface area is 129 Å². The third-order valence-electron chi connectivity index (χ3n) is 4.42. The first-order chi connectivity index (χ1) is 10.8. The summed E-state index contributed by atoms with van der Waals surface area (Å²) in [4.78, 5) is 12.3. The van der Waals surface area contributed by atoms with E-state index in [1.54, 1.807) is 0 Å². The van der Waals surface area contributed by atoms with Crippen LogP contribution in [0.5, 0.6) is 0 Å². The van der Waals surface area contributed by atoms with Crippen molar-refractivity contribution >= 4 is 16.7 Å². The van der Waals surface area contributed by atoms with Gasteiger partial charge in [0.05, 0.1) is 12.5 Å². The van der Waals surface area contributed by atoms with Gasteiger partial charge < -0.3 is 4.74 Å². The molecule has 0 saturated carbocycles. The van der Waals surface area contributed by atoms with Gasteiger partial charge in [-0.1, -0.05) is 72.8 Å². The van der Waals surface area contributed by atoms with Crippen LogP contribution >= 0.6 is 0 Å². The maximum atomic E-state index is 12.3. The highest BCUT2D eigenvalue weighted by molar-refractivity contribution is 5.87. The van der Waals surface area contributed by atoms with E-state index in [4.69, 9.17) is 4.74 Å². The first-order valence-electron chi connectivity index (χ1n) is 7.53. The highest BCUT2D eigenvalue weighted by Gasteiger charge is 2.38. The van der Waals surface area contributed by atoms with Crippen LogP contribution in [0.2, 0.25) is 0 Å². The fraction of sp³-hybridized carbons (Fsp3) is 0.150. The fourth-order valence-electron chi connectivity index (χ4n) is 3.28. The van der Waals surface area contributed by atoms with Crippen LogP contribution in [0.25, 0.3) is 10.8 Å². The normalized spacial score (nSPS) is 21.0. The third-order valence-corrected chi connectivity index (χ3v) is 4.42. The summed E-state index contributed by atoms with van der Waals surface area (Å²) in [6.07, 6.45) is 0. The molecule has 3 aromatic rings. The van der Waals surface area contributed by atoms with Crippen LogP contribution < -0.4 is 0 Å². The molecular weight excluding hydrogens is 272 g/mol. The molecule has 2 heteroatoms. The van der Waals surface area contributed by atoms with Crippen LogP contribution in [0.4, 0.5) is 0 Å². The van der Waals surface area contributed by atoms with Gasteiger partial charge >= 0.3 is 5.97 Å². The standard InChI is InChI=1S/C20H16O2/c21-20-19(18(13-22-20)15-7-2-1-3-8-15)17-11-10-14-6-4-5-9-16(14)12-17/h1-12,18-19H,13H2/t18-,19-/m0/s1. The van der Waals surface area contributed by atoms with Crippen molar-refractivity contribution in [2.24, 2.45) is 0 Å². The number of esters is 1. The molecule has 1 aliphatic rings. The Kier molecular flexibility index (Phi) is 3.15. The lowest BCUT2D eigenvalue weighted by atomic mass is 9.83. The Bertz CT molecular complexity index is 823. The SMILES string of the molecule is O=C1OC[C@@H](c2ccccc2)[C@@H]1c1ccc2ccccc2c1. The molecule has 0 spiro atoms. The predicted molar refractivity (Wildman–Crippen MR) is 86.8 cm³/mol. The minimum absolute atomic E-state index is 0.0925. The Morgan fingerprint density at radius 3 is 2.32 bits per heavy atom. The number of carbonyl (C=O) groups excluding carboxylic acids is 1. The average molecular weight is 288 g/mol. The van der Waals surface area contributed by atoms with Crippen LogP contribution in [0.3, 0.4) is 0 Å². The van der Waals surface area contributed by atoms with E-state index in [-0.39, 0.29) is 17.8 Å². The van der Waals surface area contributed by atoms with Crippen LogP contribution in [-0.2, 0) is 9.53 Å². The van der Waals surface area contributed by atoms with E-state index >= 15 is 0 Å². The molecule has 1 heterocycles. The molecule has 2 nitrogen and oxygen atoms in total. The Morgan fingerprint density at radius 1 is 0.773 bits per heavy atom. The molecule has 108 valence electrons. The highest BCUT2D eigenvalue weighted by atomic mass is 16.5. The van der Waals surface area contributed by atoms with E-state index in [1.165, 1.54) is 5.39 Å². The molecule has 2 atom stereocenters. The summed E-state index contributed by atoms with van der Waals surface area (Å²) in [5.41, 5.74) is 2.20. The quantitative estimate of drug-likeness (QED) is 0.658. The second-order valence-electron chi connectivity index (χ2n) is 5.73. The van der Waals surface area contributed by atoms with Gasteiger partial charge in [-0.05, 0) is 21.9 Å². The summed E-state index contributed by atoms with van der Waals surface area (Å²) in [7, 11) is 0. The number of hydrogen-bond acceptors (Lipinski definition) is 2. The number of cyclic esters (lactones) is 1. The smallest absolute Gasteiger partial charge is 0.314 e. The van der Waals surface area contributed by atoms with Gasteiger partial charge in [0, 0.05) is 5.92 Å². The van der Waals surface area contributed by atoms with Crippen molar-refractivity contribution in [2.45, 2.75) is 11.8 Å². The van der Waals surface area contributed by atoms with Crippen molar-refractivity contribution in [3.63, 3.8) is 0 Å². The van der Waals surface area contributed by atoms with Gasteiger partial charge in [0.2, 0.25) is 0 Å². The van der Waals surface area contributed by atoms with Crippen LogP contribution in [0.15, 0.2) is 72.8 Å². The molecule has 0 amide bonds. The first kappa shape index (κ1) is 13.1. The predicted octanol–water partition coefficient (Wildman–Crippen LogP) is 4.26. The number of benzene rings is 3. The van der Waals surface area contributed by atoms with Crippen molar-refractivity contribution in [3.8, 4) is 0 Å². The Balaban J connectivity index is 1.78. The van der Waals surface area contributed by atoms with E-state index in [0.29, 0.717) is 6.61 Å². The van der Waals surface area contributed by atoms with Gasteiger partial charge in [-0.3, -0.25) is 4.79 Å². The highest BCUT2D eigenvalue weighted by Crippen LogP contribution is 2.39. The fourth-order valence-corrected chi connectivity index (χ4v) is 3.28. The maximum Gasteiger partial charge on any atom is 0.314 e. The Morgan fingerprint density at radius 2 is 1.50 bits per heavy atom. The average Bonchev–Trinajstić information content (AvgIpc) is 2.97. The molecule has 0 radical (unpaired) electrons. The zero-order valence-corrected chi connectivity index (χ0v) is 12.1. The number of rotatable bonds is 2. The van der Waals surface area contributed by atoms with Gasteiger partial charge in [0.1, 0.15) is 0 Å². The zero-order chi connectivity index (χ0) is 14.9. The topological polar surface area (TPSA) is 26.3 Å². The number of hydrogen-bond donors (Lipinski definition) is 0. The van der Waals surface area contributed by atoms with Crippen molar-refractivity contribution < 1.29 is 9.53 Å². The molecule has 3 aromatic carbocycles. The molecule has 22 heavy (non-hydrogen) atoms. The van der Waals surface area contributed by atoms with E-state index < -0.39 is 0 Å². The maximum absolute atomic E-state index is 12.3. The minimum atomic E-state index is -0.216. The van der Waals surface area contributed by atoms with Gasteiger partial charge in [0.25, 0.3) is 0 Å². The van der Waals surface area contributed by atoms with Crippen molar-refractivity contribution in [1.82, 2.24) is 0 Å². The third kappa shape index (κ3) is 2.17. The van der Waals surface area contributed by atoms with Gasteiger partial charge in [0.15, 0.2) is 0 Å². The zero-order valence-electron chi connectivity index (χ0n) is 12.1. The summed E-state index contributed by atoms with van der Waals surface area (Å²) in [5, 5.41) is 2.35. The van der Waals surface area contributed by atoms with E-state index in [0.717, 1.165) is 16.5 Å². The molecule has 1 aliphatic heterocycles. The lowest BCUT2D eigenvalue weighted by Crippen LogP contribution is -2.12. The minimum Gasteiger partial charge on any atom is -0.465 e. The summed E-state index contributed by atoms with van der Waals surface area (Å²) in [6.45, 7) is 0.459. The number of fused-ring (bicyclic) bond motifs is 1. The van der Waals surface area contributed by atoms with Crippen LogP contribution in [0, 0.1) is 0 Å². The molecule has 0 bridgehead atoms. The molecule has 1 fully saturated rings. The summed E-state index contributed by atoms with van der Waals surface area (Å²) in [6, 6.07) is 24.6. The monoisotopic (exact) mass is 288 g/mol. The Hall–Kier alpha value is -2.61. The van der Waals surface area contributed by atoms with Crippen molar-refractivity contribution in [3.05, 3.63) is 83.9 Å². The summed E-state index contributed by atoms with van der Waals surface area (Å²) in [5.74, 6) is -0.244. The summed E-state index contributed by atoms with van der Waals surface area (Å²) < 4.78 is 5.36. The number of carbonyl (C=O) groups is 1. The molecular formula is C20H16O2. The van der Waals surface area contributed by atoms with E-state index in [9.17, 15) is 4.79 Å². The number of ether oxygens (including phenoxy) is 1. The molecule has 0 aromatic heterocycles. The molecule has 1 saturated heterocycles. The molecule has 0 aliphatic carbocycles. The molecule has 4 rings (SSSR count). The molecule has 0 unspecified atom stereocenters. The largest absolute Gasteiger partial charge is 0.465 e. The summed E-state index contributed by atoms with van der Waals surface area (Å²) >= 11 is 0. The van der Waals surface area contributed by atoms with Gasteiger partial charge in [-0.25, -0.2) is 0 Å². The first-order valence-corrected chi connectivity index (χ1v) is 7.53. The van der Waals surface area contributed by atoms with Gasteiger partial charge in [-0.2, -0.15) is 0 Å². The van der Waals surface area contributed by atoms with Crippen molar-refractivity contribution in [1.29, 1.82) is 0 Å². The second-order valence-corrected chi connectivity index (χ2v) is 5.73. The van der Waals surface area contributed by atoms with Crippen LogP contribution in [-0.4, -0.2) is 12.6 Å². The molecule has 0 N–H and O–H groups in total. The second kappa shape index (κ2) is 5.30. The van der Waals surface area contributed by atoms with E-state index in [2.05, 4.69) is 42.5 Å². The van der Waals surface area contributed by atoms with E-state index in [1.807, 2.05) is 30.3 Å². The van der Waals surface area contributed by atoms with Crippen LogP contribution in [0.1, 0.15) is 23.0 Å². The lowest BCUT2D eigenvalue weighted by Gasteiger charge is -2.16. The lowest BCUT2D eigenvalue weighted by molar-refractivity contribution is -0.139.